The smallest absolute Gasteiger partial charge is 0.243 e. The molecule has 2 aromatic rings. The highest BCUT2D eigenvalue weighted by molar-refractivity contribution is 6.31. The molecule has 1 aliphatic rings. The van der Waals surface area contributed by atoms with Crippen LogP contribution in [-0.4, -0.2) is 163 Å². The van der Waals surface area contributed by atoms with Crippen molar-refractivity contribution in [2.24, 2.45) is 52.5 Å². The standard InChI is InChI=1S/C38H62N8O8.C23H35ClN4O5/c1-6-10-28-35(51)42-27(13-16-39)32(48)21-26(24(5)47)34(50)41-18-15-23(4)33(49)43-29(14-17-40)36(52)46-31(20-25-11-8-7-9-12-25)38(54)45-30(19-22(2)3)37(53)44-28;1-14(29)21(20(31)13-17(8-10-26)22(32)27-2)28-23(33)16(7-9-25)12-18(30)11-15-5-3-4-6-19(15)24/h7-9,11-12,22-24,26-31,47H,6,10,13-21,39-40H2,1-5H3,(H,41,50)(H,42,51)(H,43,49)(H,44,53)(H,45,54)(H,46,52);3-6,14,16-17,21,29H,7-13,25-26H2,1-2H3,(H,27,32)(H,28,33). The van der Waals surface area contributed by atoms with Crippen molar-refractivity contribution in [2.75, 3.05) is 39.8 Å². The number of rotatable bonds is 26. The van der Waals surface area contributed by atoms with Crippen molar-refractivity contribution in [3.63, 3.8) is 0 Å². The molecule has 18 N–H and O–H groups in total. The van der Waals surface area contributed by atoms with Crippen molar-refractivity contribution >= 4 is 76.2 Å². The lowest BCUT2D eigenvalue weighted by Crippen LogP contribution is -2.59. The quantitative estimate of drug-likeness (QED) is 0.0572. The van der Waals surface area contributed by atoms with E-state index in [1.54, 1.807) is 55.5 Å². The van der Waals surface area contributed by atoms with Crippen LogP contribution >= 0.6 is 11.6 Å². The van der Waals surface area contributed by atoms with E-state index in [9.17, 15) is 63.0 Å². The predicted octanol–water partition coefficient (Wildman–Crippen LogP) is -0.348. The second kappa shape index (κ2) is 40.7. The molecule has 12 atom stereocenters. The zero-order chi connectivity index (χ0) is 65.3. The number of halogens is 1. The number of Topliss-reactive ketones (excluding diaryl/α,β-unsaturated/α-hetero) is 3. The van der Waals surface area contributed by atoms with Crippen molar-refractivity contribution in [3.8, 4) is 0 Å². The van der Waals surface area contributed by atoms with E-state index in [0.717, 1.165) is 5.56 Å². The first-order valence-electron chi connectivity index (χ1n) is 30.1. The number of amides is 8. The van der Waals surface area contributed by atoms with Crippen LogP contribution in [0.2, 0.25) is 5.02 Å². The van der Waals surface area contributed by atoms with Crippen molar-refractivity contribution < 1.29 is 63.0 Å². The van der Waals surface area contributed by atoms with Gasteiger partial charge in [-0.3, -0.25) is 52.7 Å². The fourth-order valence-electron chi connectivity index (χ4n) is 9.72. The fourth-order valence-corrected chi connectivity index (χ4v) is 9.93. The zero-order valence-corrected chi connectivity index (χ0v) is 52.3. The molecular weight excluding hydrogens is 1140 g/mol. The Kier molecular flexibility index (Phi) is 35.7. The minimum absolute atomic E-state index is 0.0246. The minimum atomic E-state index is -1.22. The molecule has 0 bridgehead atoms. The molecule has 0 radical (unpaired) electrons. The van der Waals surface area contributed by atoms with Crippen LogP contribution < -0.4 is 65.5 Å². The van der Waals surface area contributed by atoms with Crippen LogP contribution in [0.5, 0.6) is 0 Å². The lowest BCUT2D eigenvalue weighted by atomic mass is 9.91. The normalized spacial score (nSPS) is 22.2. The highest BCUT2D eigenvalue weighted by Gasteiger charge is 2.36. The van der Waals surface area contributed by atoms with Gasteiger partial charge in [-0.05, 0) is 108 Å². The Balaban J connectivity index is 0.000000668. The third-order valence-corrected chi connectivity index (χ3v) is 15.2. The fraction of sp³-hybridized carbons (Fsp3) is 0.623. The Hall–Kier alpha value is -6.74. The number of ketones is 3. The number of aliphatic hydroxyl groups excluding tert-OH is 2. The van der Waals surface area contributed by atoms with Crippen molar-refractivity contribution in [1.29, 1.82) is 0 Å². The average Bonchev–Trinajstić information content (AvgIpc) is 3.06. The number of hydrogen-bond acceptors (Lipinski definition) is 17. The van der Waals surface area contributed by atoms with E-state index in [2.05, 4.69) is 42.5 Å². The second-order valence-electron chi connectivity index (χ2n) is 22.6. The summed E-state index contributed by atoms with van der Waals surface area (Å²) in [6, 6.07) is 9.17. The molecule has 3 rings (SSSR count). The molecule has 1 fully saturated rings. The van der Waals surface area contributed by atoms with Gasteiger partial charge in [0.2, 0.25) is 47.3 Å². The van der Waals surface area contributed by atoms with E-state index in [0.29, 0.717) is 17.0 Å². The Morgan fingerprint density at radius 3 is 1.71 bits per heavy atom. The van der Waals surface area contributed by atoms with Crippen molar-refractivity contribution in [3.05, 3.63) is 70.7 Å². The first-order valence-corrected chi connectivity index (χ1v) is 30.5. The molecule has 8 amide bonds. The first kappa shape index (κ1) is 76.4. The lowest BCUT2D eigenvalue weighted by molar-refractivity contribution is -0.136. The summed E-state index contributed by atoms with van der Waals surface area (Å²) in [5.41, 5.74) is 24.2. The number of nitrogens with two attached hydrogens (primary N) is 4. The van der Waals surface area contributed by atoms with Crippen LogP contribution in [0.4, 0.5) is 0 Å². The summed E-state index contributed by atoms with van der Waals surface area (Å²) >= 11 is 6.11. The zero-order valence-electron chi connectivity index (χ0n) is 51.5. The third-order valence-electron chi connectivity index (χ3n) is 14.8. The van der Waals surface area contributed by atoms with E-state index in [1.807, 2.05) is 26.8 Å². The molecule has 1 saturated heterocycles. The van der Waals surface area contributed by atoms with Crippen LogP contribution in [-0.2, 0) is 65.6 Å². The summed E-state index contributed by atoms with van der Waals surface area (Å²) < 4.78 is 0. The lowest BCUT2D eigenvalue weighted by Gasteiger charge is -2.28. The monoisotopic (exact) mass is 1240 g/mol. The van der Waals surface area contributed by atoms with E-state index >= 15 is 0 Å². The van der Waals surface area contributed by atoms with Gasteiger partial charge in [0.1, 0.15) is 36.0 Å². The maximum Gasteiger partial charge on any atom is 0.243 e. The molecule has 0 saturated carbocycles. The molecule has 1 heterocycles. The molecule has 0 aromatic heterocycles. The van der Waals surface area contributed by atoms with Crippen LogP contribution in [0, 0.1) is 29.6 Å². The van der Waals surface area contributed by atoms with Gasteiger partial charge in [-0.1, -0.05) is 94.2 Å². The Bertz CT molecular complexity index is 2560. The van der Waals surface area contributed by atoms with Crippen LogP contribution in [0.3, 0.4) is 0 Å². The summed E-state index contributed by atoms with van der Waals surface area (Å²) in [6.45, 7) is 10.4. The van der Waals surface area contributed by atoms with Gasteiger partial charge < -0.3 is 75.7 Å². The molecule has 25 nitrogen and oxygen atoms in total. The number of benzene rings is 2. The van der Waals surface area contributed by atoms with Gasteiger partial charge in [0.15, 0.2) is 11.6 Å². The average molecular weight is 1240 g/mol. The van der Waals surface area contributed by atoms with E-state index in [-0.39, 0.29) is 121 Å². The molecule has 12 unspecified atom stereocenters. The van der Waals surface area contributed by atoms with Gasteiger partial charge in [0.25, 0.3) is 0 Å². The van der Waals surface area contributed by atoms with Crippen LogP contribution in [0.15, 0.2) is 54.6 Å². The van der Waals surface area contributed by atoms with Crippen molar-refractivity contribution in [2.45, 2.75) is 173 Å². The molecular formula is C61H97ClN12O13. The van der Waals surface area contributed by atoms with Crippen molar-refractivity contribution in [1.82, 2.24) is 42.5 Å². The number of aliphatic hydroxyl groups is 2. The molecule has 486 valence electrons. The summed E-state index contributed by atoms with van der Waals surface area (Å²) in [7, 11) is 1.46. The van der Waals surface area contributed by atoms with E-state index < -0.39 is 131 Å². The molecule has 0 aliphatic carbocycles. The molecule has 26 heteroatoms. The van der Waals surface area contributed by atoms with Crippen LogP contribution in [0.1, 0.15) is 123 Å². The molecule has 87 heavy (non-hydrogen) atoms. The molecule has 0 spiro atoms. The third kappa shape index (κ3) is 27.5. The molecule has 1 aliphatic heterocycles. The van der Waals surface area contributed by atoms with Gasteiger partial charge in [-0.2, -0.15) is 0 Å². The van der Waals surface area contributed by atoms with Gasteiger partial charge in [-0.15, -0.1) is 0 Å². The first-order chi connectivity index (χ1) is 41.2. The number of carbonyl (C=O) groups is 11. The Labute approximate surface area is 516 Å². The van der Waals surface area contributed by atoms with E-state index in [1.165, 1.54) is 20.9 Å². The largest absolute Gasteiger partial charge is 0.393 e. The Morgan fingerprint density at radius 1 is 0.644 bits per heavy atom. The molecule has 2 aromatic carbocycles. The Morgan fingerprint density at radius 2 is 1.16 bits per heavy atom. The summed E-state index contributed by atoms with van der Waals surface area (Å²) in [4.78, 5) is 145. The van der Waals surface area contributed by atoms with Gasteiger partial charge in [0, 0.05) is 68.5 Å². The van der Waals surface area contributed by atoms with Gasteiger partial charge in [-0.25, -0.2) is 0 Å². The van der Waals surface area contributed by atoms with Gasteiger partial charge in [0.05, 0.1) is 24.2 Å². The minimum Gasteiger partial charge on any atom is -0.393 e. The topological polar surface area (TPSA) is 429 Å². The summed E-state index contributed by atoms with van der Waals surface area (Å²) in [5.74, 6) is -9.11. The maximum atomic E-state index is 14.0. The van der Waals surface area contributed by atoms with E-state index in [4.69, 9.17) is 34.5 Å². The SMILES string of the molecule is CCCC1NC(=O)C(CC(C)C)NC(=O)C(Cc2ccccc2)NC(=O)C(CCN)NC(=O)C(C)CCNC(=O)C(C(C)O)CC(=O)C(CCN)NC1=O.CNC(=O)C(CCN)CC(=O)C(NC(=O)C(CCN)CC(=O)Cc1ccccc1Cl)C(C)O. The summed E-state index contributed by atoms with van der Waals surface area (Å²) in [6.07, 6.45) is -1.25. The second-order valence-corrected chi connectivity index (χ2v) is 23.0. The number of nitrogens with one attached hydrogen (secondary N) is 8. The number of hydrogen-bond donors (Lipinski definition) is 14. The predicted molar refractivity (Wildman–Crippen MR) is 329 cm³/mol. The highest BCUT2D eigenvalue weighted by atomic mass is 35.5. The highest BCUT2D eigenvalue weighted by Crippen LogP contribution is 2.20. The van der Waals surface area contributed by atoms with Crippen LogP contribution in [0.25, 0.3) is 0 Å². The summed E-state index contributed by atoms with van der Waals surface area (Å²) in [5, 5.41) is 42.4. The maximum absolute atomic E-state index is 14.0. The van der Waals surface area contributed by atoms with Gasteiger partial charge >= 0.3 is 0 Å². The number of carbonyl (C=O) groups excluding carboxylic acids is 11.